The maximum atomic E-state index is 11.5. The summed E-state index contributed by atoms with van der Waals surface area (Å²) < 4.78 is 5.16. The predicted octanol–water partition coefficient (Wildman–Crippen LogP) is 1.48. The normalized spacial score (nSPS) is 10.2. The van der Waals surface area contributed by atoms with E-state index >= 15 is 0 Å². The van der Waals surface area contributed by atoms with Crippen LogP contribution in [0.5, 0.6) is 5.75 Å². The summed E-state index contributed by atoms with van der Waals surface area (Å²) in [6.45, 7) is 3.94. The minimum atomic E-state index is -0.0351. The van der Waals surface area contributed by atoms with Gasteiger partial charge < -0.3 is 15.2 Å². The van der Waals surface area contributed by atoms with Crippen LogP contribution in [0.25, 0.3) is 0 Å². The molecule has 0 saturated carbocycles. The second-order valence-electron chi connectivity index (χ2n) is 3.75. The summed E-state index contributed by atoms with van der Waals surface area (Å²) >= 11 is 0. The molecule has 0 unspecified atom stereocenters. The van der Waals surface area contributed by atoms with Crippen molar-refractivity contribution in [3.8, 4) is 5.75 Å². The minimum absolute atomic E-state index is 0.0351. The number of carbonyl (C=O) groups is 1. The van der Waals surface area contributed by atoms with Gasteiger partial charge >= 0.3 is 0 Å². The lowest BCUT2D eigenvalue weighted by Crippen LogP contribution is -2.26. The van der Waals surface area contributed by atoms with Crippen LogP contribution in [-0.4, -0.2) is 30.8 Å². The van der Waals surface area contributed by atoms with Gasteiger partial charge in [-0.25, -0.2) is 0 Å². The predicted molar refractivity (Wildman–Crippen MR) is 65.9 cm³/mol. The topological polar surface area (TPSA) is 58.6 Å². The highest BCUT2D eigenvalue weighted by Gasteiger charge is 2.03. The van der Waals surface area contributed by atoms with Gasteiger partial charge in [-0.2, -0.15) is 0 Å². The molecule has 0 aromatic heterocycles. The van der Waals surface area contributed by atoms with Crippen LogP contribution in [0.3, 0.4) is 0 Å². The molecule has 1 aromatic carbocycles. The maximum absolute atomic E-state index is 11.5. The number of aromatic hydroxyl groups is 1. The number of phenols is 1. The van der Waals surface area contributed by atoms with Gasteiger partial charge in [0.15, 0.2) is 0 Å². The quantitative estimate of drug-likeness (QED) is 0.706. The number of hydrogen-bond donors (Lipinski definition) is 2. The average Bonchev–Trinajstić information content (AvgIpc) is 2.29. The van der Waals surface area contributed by atoms with Gasteiger partial charge in [0.05, 0.1) is 6.42 Å². The Kier molecular flexibility index (Phi) is 6.10. The highest BCUT2D eigenvalue weighted by Crippen LogP contribution is 2.11. The number of ether oxygens (including phenoxy) is 1. The molecule has 1 amide bonds. The van der Waals surface area contributed by atoms with E-state index in [0.717, 1.165) is 12.0 Å². The zero-order chi connectivity index (χ0) is 12.5. The first-order chi connectivity index (χ1) is 8.22. The Labute approximate surface area is 102 Å². The van der Waals surface area contributed by atoms with E-state index in [1.165, 1.54) is 0 Å². The highest BCUT2D eigenvalue weighted by molar-refractivity contribution is 5.78. The largest absolute Gasteiger partial charge is 0.508 e. The molecular weight excluding hydrogens is 218 g/mol. The van der Waals surface area contributed by atoms with Crippen molar-refractivity contribution in [1.82, 2.24) is 5.32 Å². The SMILES string of the molecule is CCOCCCNC(=O)Cc1cccc(O)c1. The lowest BCUT2D eigenvalue weighted by molar-refractivity contribution is -0.120. The van der Waals surface area contributed by atoms with Gasteiger partial charge in [-0.15, -0.1) is 0 Å². The molecule has 0 atom stereocenters. The highest BCUT2D eigenvalue weighted by atomic mass is 16.5. The molecule has 1 aromatic rings. The lowest BCUT2D eigenvalue weighted by Gasteiger charge is -2.05. The molecule has 94 valence electrons. The first-order valence-corrected chi connectivity index (χ1v) is 5.84. The second-order valence-corrected chi connectivity index (χ2v) is 3.75. The smallest absolute Gasteiger partial charge is 0.224 e. The van der Waals surface area contributed by atoms with E-state index in [1.54, 1.807) is 18.2 Å². The molecule has 4 heteroatoms. The Bertz CT molecular complexity index is 352. The summed E-state index contributed by atoms with van der Waals surface area (Å²) in [4.78, 5) is 11.5. The van der Waals surface area contributed by atoms with Gasteiger partial charge in [-0.3, -0.25) is 4.79 Å². The van der Waals surface area contributed by atoms with Crippen molar-refractivity contribution in [2.45, 2.75) is 19.8 Å². The first kappa shape index (κ1) is 13.5. The fourth-order valence-electron chi connectivity index (χ4n) is 1.46. The fraction of sp³-hybridized carbons (Fsp3) is 0.462. The number of hydrogen-bond acceptors (Lipinski definition) is 3. The van der Waals surface area contributed by atoms with Crippen LogP contribution in [0.4, 0.5) is 0 Å². The van der Waals surface area contributed by atoms with Crippen molar-refractivity contribution in [2.24, 2.45) is 0 Å². The third-order valence-electron chi connectivity index (χ3n) is 2.27. The summed E-state index contributed by atoms with van der Waals surface area (Å²) in [5, 5.41) is 12.1. The molecule has 4 nitrogen and oxygen atoms in total. The molecule has 0 aliphatic heterocycles. The minimum Gasteiger partial charge on any atom is -0.508 e. The molecule has 1 rings (SSSR count). The Morgan fingerprint density at radius 3 is 3.00 bits per heavy atom. The summed E-state index contributed by atoms with van der Waals surface area (Å²) in [5.74, 6) is 0.152. The van der Waals surface area contributed by atoms with Crippen LogP contribution in [0.15, 0.2) is 24.3 Å². The van der Waals surface area contributed by atoms with Crippen LogP contribution in [-0.2, 0) is 16.0 Å². The molecule has 0 aliphatic carbocycles. The van der Waals surface area contributed by atoms with E-state index in [1.807, 2.05) is 13.0 Å². The zero-order valence-electron chi connectivity index (χ0n) is 10.1. The van der Waals surface area contributed by atoms with Gasteiger partial charge in [0, 0.05) is 19.8 Å². The number of rotatable bonds is 7. The number of benzene rings is 1. The molecule has 17 heavy (non-hydrogen) atoms. The van der Waals surface area contributed by atoms with Crippen LogP contribution in [0.1, 0.15) is 18.9 Å². The van der Waals surface area contributed by atoms with E-state index in [9.17, 15) is 9.90 Å². The number of phenolic OH excluding ortho intramolecular Hbond substituents is 1. The average molecular weight is 237 g/mol. The van der Waals surface area contributed by atoms with Crippen molar-refractivity contribution in [2.75, 3.05) is 19.8 Å². The third kappa shape index (κ3) is 5.92. The number of amides is 1. The summed E-state index contributed by atoms with van der Waals surface area (Å²) in [6, 6.07) is 6.73. The van der Waals surface area contributed by atoms with Gasteiger partial charge in [-0.1, -0.05) is 12.1 Å². The Morgan fingerprint density at radius 1 is 1.47 bits per heavy atom. The second kappa shape index (κ2) is 7.68. The maximum Gasteiger partial charge on any atom is 0.224 e. The number of nitrogens with one attached hydrogen (secondary N) is 1. The standard InChI is InChI=1S/C13H19NO3/c1-2-17-8-4-7-14-13(16)10-11-5-3-6-12(15)9-11/h3,5-6,9,15H,2,4,7-8,10H2,1H3,(H,14,16). The molecule has 0 fully saturated rings. The summed E-state index contributed by atoms with van der Waals surface area (Å²) in [5.41, 5.74) is 0.812. The van der Waals surface area contributed by atoms with Gasteiger partial charge in [0.2, 0.25) is 5.91 Å². The van der Waals surface area contributed by atoms with Crippen molar-refractivity contribution >= 4 is 5.91 Å². The van der Waals surface area contributed by atoms with E-state index in [4.69, 9.17) is 4.74 Å². The van der Waals surface area contributed by atoms with Gasteiger partial charge in [0.1, 0.15) is 5.75 Å². The van der Waals surface area contributed by atoms with Crippen molar-refractivity contribution in [1.29, 1.82) is 0 Å². The molecule has 0 heterocycles. The van der Waals surface area contributed by atoms with Crippen molar-refractivity contribution in [3.63, 3.8) is 0 Å². The molecule has 0 spiro atoms. The Balaban J connectivity index is 2.21. The molecular formula is C13H19NO3. The van der Waals surface area contributed by atoms with E-state index in [2.05, 4.69) is 5.32 Å². The number of carbonyl (C=O) groups excluding carboxylic acids is 1. The first-order valence-electron chi connectivity index (χ1n) is 5.84. The zero-order valence-corrected chi connectivity index (χ0v) is 10.1. The van der Waals surface area contributed by atoms with E-state index in [0.29, 0.717) is 26.2 Å². The molecule has 0 saturated heterocycles. The van der Waals surface area contributed by atoms with Crippen LogP contribution >= 0.6 is 0 Å². The van der Waals surface area contributed by atoms with E-state index in [-0.39, 0.29) is 11.7 Å². The van der Waals surface area contributed by atoms with Crippen LogP contribution in [0, 0.1) is 0 Å². The molecule has 0 bridgehead atoms. The van der Waals surface area contributed by atoms with Crippen molar-refractivity contribution < 1.29 is 14.6 Å². The van der Waals surface area contributed by atoms with Crippen LogP contribution in [0.2, 0.25) is 0 Å². The fourth-order valence-corrected chi connectivity index (χ4v) is 1.46. The van der Waals surface area contributed by atoms with Crippen LogP contribution < -0.4 is 5.32 Å². The summed E-state index contributed by atoms with van der Waals surface area (Å²) in [6.07, 6.45) is 1.11. The lowest BCUT2D eigenvalue weighted by atomic mass is 10.1. The third-order valence-corrected chi connectivity index (χ3v) is 2.27. The summed E-state index contributed by atoms with van der Waals surface area (Å²) in [7, 11) is 0. The molecule has 2 N–H and O–H groups in total. The molecule has 0 radical (unpaired) electrons. The van der Waals surface area contributed by atoms with Gasteiger partial charge in [0.25, 0.3) is 0 Å². The van der Waals surface area contributed by atoms with Crippen molar-refractivity contribution in [3.05, 3.63) is 29.8 Å². The Morgan fingerprint density at radius 2 is 2.29 bits per heavy atom. The monoisotopic (exact) mass is 237 g/mol. The van der Waals surface area contributed by atoms with E-state index < -0.39 is 0 Å². The van der Waals surface area contributed by atoms with Gasteiger partial charge in [-0.05, 0) is 31.0 Å². The molecule has 0 aliphatic rings. The Hall–Kier alpha value is -1.55.